The maximum absolute atomic E-state index is 13.5. The van der Waals surface area contributed by atoms with Crippen LogP contribution < -0.4 is 24.4 Å². The van der Waals surface area contributed by atoms with E-state index >= 15 is 0 Å². The van der Waals surface area contributed by atoms with Crippen LogP contribution in [0.25, 0.3) is 5.78 Å². The van der Waals surface area contributed by atoms with Crippen molar-refractivity contribution in [3.8, 4) is 11.5 Å². The summed E-state index contributed by atoms with van der Waals surface area (Å²) in [5.74, 6) is -4.87. The number of para-hydroxylation sites is 1. The van der Waals surface area contributed by atoms with Gasteiger partial charge in [-0.25, -0.2) is 31.4 Å². The first-order valence-corrected chi connectivity index (χ1v) is 24.7. The lowest BCUT2D eigenvalue weighted by Gasteiger charge is -2.14. The average Bonchev–Trinajstić information content (AvgIpc) is 3.57. The summed E-state index contributed by atoms with van der Waals surface area (Å²) in [7, 11) is -12.1. The van der Waals surface area contributed by atoms with Gasteiger partial charge in [-0.1, -0.05) is 17.7 Å². The van der Waals surface area contributed by atoms with E-state index < -0.39 is 108 Å². The highest BCUT2D eigenvalue weighted by molar-refractivity contribution is 7.94. The van der Waals surface area contributed by atoms with Gasteiger partial charge in [0.1, 0.15) is 42.0 Å². The average molecular weight is 1010 g/mol. The Labute approximate surface area is 367 Å². The van der Waals surface area contributed by atoms with Crippen LogP contribution in [0, 0.1) is 28.7 Å². The Morgan fingerprint density at radius 2 is 1.61 bits per heavy atom. The molecule has 5 aromatic rings. The second-order valence-corrected chi connectivity index (χ2v) is 20.4. The van der Waals surface area contributed by atoms with Gasteiger partial charge >= 0.3 is 12.1 Å². The summed E-state index contributed by atoms with van der Waals surface area (Å²) < 4.78 is 131. The molecule has 0 radical (unpaired) electrons. The zero-order valence-electron chi connectivity index (χ0n) is 33.3. The molecule has 5 N–H and O–H groups in total. The summed E-state index contributed by atoms with van der Waals surface area (Å²) in [6, 6.07) is 9.69. The number of nitrogens with zero attached hydrogens (tertiary/aromatic N) is 5. The number of alkyl halides is 3. The minimum atomic E-state index is -4.62. The summed E-state index contributed by atoms with van der Waals surface area (Å²) in [5.41, 5.74) is -2.51. The van der Waals surface area contributed by atoms with Crippen molar-refractivity contribution in [1.82, 2.24) is 29.6 Å². The third-order valence-electron chi connectivity index (χ3n) is 6.53. The third kappa shape index (κ3) is 18.7. The number of benzene rings is 3. The number of hydrogen-bond donors (Lipinski definition) is 5. The number of aliphatic carboxylic acids is 1. The number of rotatable bonds is 12. The van der Waals surface area contributed by atoms with E-state index in [2.05, 4.69) is 33.8 Å². The lowest BCUT2D eigenvalue weighted by atomic mass is 10.1. The Balaban J connectivity index is 0.000000345. The van der Waals surface area contributed by atoms with Crippen molar-refractivity contribution in [2.75, 3.05) is 42.6 Å². The molecular weight excluding hydrogens is 974 g/mol. The van der Waals surface area contributed by atoms with Crippen molar-refractivity contribution in [1.29, 1.82) is 0 Å². The van der Waals surface area contributed by atoms with Crippen molar-refractivity contribution in [2.24, 2.45) is 0 Å². The minimum absolute atomic E-state index is 0.0642. The Kier molecular flexibility index (Phi) is 19.5. The molecule has 0 aliphatic heterocycles. The van der Waals surface area contributed by atoms with E-state index in [4.69, 9.17) is 26.3 Å². The Bertz CT molecular complexity index is 2740. The molecule has 350 valence electrons. The van der Waals surface area contributed by atoms with E-state index in [-0.39, 0.29) is 17.3 Å². The van der Waals surface area contributed by atoms with Crippen LogP contribution in [0.15, 0.2) is 72.0 Å². The third-order valence-corrected chi connectivity index (χ3v) is 9.13. The normalized spacial score (nSPS) is 12.3. The molecule has 1 amide bonds. The summed E-state index contributed by atoms with van der Waals surface area (Å²) in [6.45, 7) is 1.22. The van der Waals surface area contributed by atoms with E-state index in [0.717, 1.165) is 47.0 Å². The van der Waals surface area contributed by atoms with Crippen molar-refractivity contribution in [2.45, 2.75) is 18.3 Å². The van der Waals surface area contributed by atoms with Gasteiger partial charge in [0.05, 0.1) is 53.4 Å². The van der Waals surface area contributed by atoms with Crippen LogP contribution >= 0.6 is 19.2 Å². The first kappa shape index (κ1) is 54.6. The highest BCUT2D eigenvalue weighted by Gasteiger charge is 2.31. The van der Waals surface area contributed by atoms with Gasteiger partial charge < -0.3 is 24.2 Å². The molecule has 31 heteroatoms. The number of aryl methyl sites for hydroxylation is 1. The number of hydrogen-bond acceptors (Lipinski definition) is 15. The van der Waals surface area contributed by atoms with Crippen LogP contribution in [0.1, 0.15) is 21.6 Å². The zero-order chi connectivity index (χ0) is 49.0. The van der Waals surface area contributed by atoms with Crippen LogP contribution in [0.5, 0.6) is 11.5 Å². The van der Waals surface area contributed by atoms with Crippen LogP contribution in [-0.2, 0) is 46.5 Å². The number of nitro groups is 1. The summed E-state index contributed by atoms with van der Waals surface area (Å²) in [4.78, 5) is 57.7. The standard InChI is InChI=1S/C15H10ClF3N2O6S.C12H9F2N5O2S.C3H8NO5P.C3H9S/c1-28(25,26)20-14(22)10-7-9(3-4-12(10)21(23)24)27-13-5-2-8(6-11(13)16)15(17,18)19;1-7-5-6-19-11(15-7)16-12(17-19)22(20,21)18-10-8(13)3-2-4-9(10)14;5-3(6)1-4-2-10(7,8)9;1-4(2)3/h2-7H,1H3,(H,20,22);2-6,18H,1H3;4H,1-2H2,(H,5,6)(H2,7,8,9);1-3H3/q;;;+1/p-1. The maximum atomic E-state index is 13.5. The number of carboxylic acids is 1. The number of nitro benzene ring substituents is 1. The van der Waals surface area contributed by atoms with E-state index in [0.29, 0.717) is 35.0 Å². The van der Waals surface area contributed by atoms with Gasteiger partial charge in [-0.3, -0.25) is 29.7 Å². The first-order valence-electron chi connectivity index (χ1n) is 16.8. The summed E-state index contributed by atoms with van der Waals surface area (Å²) >= 11 is 5.76. The fourth-order valence-corrected chi connectivity index (χ4v) is 6.08. The van der Waals surface area contributed by atoms with E-state index in [1.165, 1.54) is 6.20 Å². The molecule has 5 rings (SSSR count). The second-order valence-electron chi connectivity index (χ2n) is 12.6. The van der Waals surface area contributed by atoms with E-state index in [1.807, 2.05) is 5.32 Å². The number of carboxylic acid groups (broad SMARTS) is 1. The molecule has 3 aromatic carbocycles. The number of carbonyl (C=O) groups is 2. The molecule has 21 nitrogen and oxygen atoms in total. The van der Waals surface area contributed by atoms with Gasteiger partial charge in [-0.15, -0.1) is 5.10 Å². The number of sulfonamides is 2. The van der Waals surface area contributed by atoms with Crippen molar-refractivity contribution < 1.29 is 77.5 Å². The minimum Gasteiger partial charge on any atom is -0.778 e. The molecule has 0 bridgehead atoms. The van der Waals surface area contributed by atoms with Crippen LogP contribution in [0.4, 0.5) is 33.3 Å². The van der Waals surface area contributed by atoms with Gasteiger partial charge in [-0.2, -0.15) is 26.6 Å². The van der Waals surface area contributed by atoms with Gasteiger partial charge in [-0.05, 0) is 60.3 Å². The second kappa shape index (κ2) is 22.9. The van der Waals surface area contributed by atoms with Gasteiger partial charge in [0.15, 0.2) is 0 Å². The molecule has 0 saturated heterocycles. The molecule has 0 spiro atoms. The Morgan fingerprint density at radius 1 is 1.02 bits per heavy atom. The maximum Gasteiger partial charge on any atom is 0.416 e. The molecule has 1 unspecified atom stereocenters. The van der Waals surface area contributed by atoms with Gasteiger partial charge in [0, 0.05) is 24.0 Å². The predicted octanol–water partition coefficient (Wildman–Crippen LogP) is 3.92. The monoisotopic (exact) mass is 1010 g/mol. The highest BCUT2D eigenvalue weighted by Crippen LogP contribution is 2.37. The lowest BCUT2D eigenvalue weighted by Crippen LogP contribution is -2.29. The first-order chi connectivity index (χ1) is 29.3. The molecule has 1 atom stereocenters. The SMILES string of the molecule is CS(=O)(=O)NC(=O)c1cc(Oc2ccc(C(F)(F)F)cc2Cl)ccc1[N+](=O)[O-].C[S+](C)C.Cc1ccn2nc(S(=O)(=O)Nc3c(F)cccc3F)nc2n1.O=C(O)CNCP(=O)([O-])O. The van der Waals surface area contributed by atoms with Gasteiger partial charge in [0.2, 0.25) is 10.0 Å². The number of nitrogens with one attached hydrogen (secondary N) is 3. The predicted molar refractivity (Wildman–Crippen MR) is 220 cm³/mol. The highest BCUT2D eigenvalue weighted by atomic mass is 35.5. The quantitative estimate of drug-likeness (QED) is 0.0389. The molecule has 0 saturated carbocycles. The van der Waals surface area contributed by atoms with Crippen LogP contribution in [-0.4, -0.2) is 101 Å². The lowest BCUT2D eigenvalue weighted by molar-refractivity contribution is -0.385. The van der Waals surface area contributed by atoms with Crippen molar-refractivity contribution in [3.05, 3.63) is 110 Å². The fraction of sp³-hybridized carbons (Fsp3) is 0.242. The number of aromatic nitrogens is 4. The molecule has 0 fully saturated rings. The fourth-order valence-electron chi connectivity index (χ4n) is 4.07. The molecule has 0 aliphatic carbocycles. The number of halogens is 6. The smallest absolute Gasteiger partial charge is 0.416 e. The molecule has 64 heavy (non-hydrogen) atoms. The number of anilines is 1. The number of carbonyl (C=O) groups excluding carboxylic acids is 1. The van der Waals surface area contributed by atoms with Crippen LogP contribution in [0.2, 0.25) is 5.02 Å². The van der Waals surface area contributed by atoms with E-state index in [1.54, 1.807) is 22.4 Å². The topological polar surface area (TPSA) is 315 Å². The summed E-state index contributed by atoms with van der Waals surface area (Å²) in [6.07, 6.45) is 3.41. The molecular formula is C33H35ClF5N8O13PS3. The van der Waals surface area contributed by atoms with Crippen LogP contribution in [0.3, 0.4) is 0 Å². The number of fused-ring (bicyclic) bond motifs is 1. The largest absolute Gasteiger partial charge is 0.778 e. The molecule has 2 aromatic heterocycles. The van der Waals surface area contributed by atoms with Crippen molar-refractivity contribution in [3.63, 3.8) is 0 Å². The Hall–Kier alpha value is -5.55. The van der Waals surface area contributed by atoms with Gasteiger partial charge in [0.25, 0.3) is 32.6 Å². The summed E-state index contributed by atoms with van der Waals surface area (Å²) in [5, 5.41) is 23.7. The molecule has 0 aliphatic rings. The zero-order valence-corrected chi connectivity index (χ0v) is 37.4. The molecule has 2 heterocycles. The van der Waals surface area contributed by atoms with E-state index in [9.17, 15) is 67.9 Å². The Morgan fingerprint density at radius 3 is 2.11 bits per heavy atom. The number of ether oxygens (including phenoxy) is 1. The van der Waals surface area contributed by atoms with Crippen molar-refractivity contribution >= 4 is 79.2 Å². The number of amides is 1.